The zero-order chi connectivity index (χ0) is 20.0. The van der Waals surface area contributed by atoms with Gasteiger partial charge in [-0.05, 0) is 23.7 Å². The third kappa shape index (κ3) is 6.23. The molecule has 146 valence electrons. The average molecular weight is 382 g/mol. The molecular formula is C19H31NO5Si. The number of hydrogen-bond donors (Lipinski definition) is 2. The number of methoxy groups -OCH3 is 1. The zero-order valence-electron chi connectivity index (χ0n) is 16.5. The van der Waals surface area contributed by atoms with Crippen molar-refractivity contribution in [1.82, 2.24) is 5.32 Å². The van der Waals surface area contributed by atoms with Gasteiger partial charge >= 0.3 is 5.97 Å². The lowest BCUT2D eigenvalue weighted by molar-refractivity contribution is -0.144. The van der Waals surface area contributed by atoms with E-state index in [0.29, 0.717) is 5.56 Å². The van der Waals surface area contributed by atoms with Crippen LogP contribution >= 0.6 is 0 Å². The monoisotopic (exact) mass is 381 g/mol. The van der Waals surface area contributed by atoms with Gasteiger partial charge in [-0.1, -0.05) is 51.1 Å². The van der Waals surface area contributed by atoms with Crippen LogP contribution in [0.2, 0.25) is 18.1 Å². The fraction of sp³-hybridized carbons (Fsp3) is 0.579. The van der Waals surface area contributed by atoms with Crippen LogP contribution in [-0.4, -0.2) is 45.1 Å². The van der Waals surface area contributed by atoms with Gasteiger partial charge in [0.25, 0.3) is 5.91 Å². The fourth-order valence-electron chi connectivity index (χ4n) is 2.18. The summed E-state index contributed by atoms with van der Waals surface area (Å²) in [5, 5.41) is 12.0. The average Bonchev–Trinajstić information content (AvgIpc) is 2.54. The van der Waals surface area contributed by atoms with Crippen LogP contribution in [0.15, 0.2) is 30.3 Å². The maximum atomic E-state index is 12.5. The summed E-state index contributed by atoms with van der Waals surface area (Å²) >= 11 is 0. The van der Waals surface area contributed by atoms with Gasteiger partial charge in [-0.15, -0.1) is 0 Å². The Labute approximate surface area is 157 Å². The molecule has 0 fully saturated rings. The van der Waals surface area contributed by atoms with E-state index in [2.05, 4.69) is 39.2 Å². The third-order valence-corrected chi connectivity index (χ3v) is 9.40. The molecule has 1 rings (SSSR count). The van der Waals surface area contributed by atoms with Crippen LogP contribution in [0.5, 0.6) is 0 Å². The highest BCUT2D eigenvalue weighted by molar-refractivity contribution is 6.74. The number of rotatable bonds is 9. The summed E-state index contributed by atoms with van der Waals surface area (Å²) in [7, 11) is -0.534. The van der Waals surface area contributed by atoms with E-state index >= 15 is 0 Å². The first kappa shape index (κ1) is 22.3. The summed E-state index contributed by atoms with van der Waals surface area (Å²) in [5.41, 5.74) is 0.675. The smallest absolute Gasteiger partial charge is 0.326 e. The van der Waals surface area contributed by atoms with Crippen molar-refractivity contribution in [2.24, 2.45) is 0 Å². The molecule has 0 aromatic heterocycles. The molecule has 0 heterocycles. The molecule has 1 aromatic carbocycles. The highest BCUT2D eigenvalue weighted by Gasteiger charge is 2.37. The van der Waals surface area contributed by atoms with Crippen molar-refractivity contribution >= 4 is 20.2 Å². The van der Waals surface area contributed by atoms with Crippen LogP contribution in [0.25, 0.3) is 0 Å². The number of amides is 1. The highest BCUT2D eigenvalue weighted by atomic mass is 28.4. The second kappa shape index (κ2) is 9.30. The Kier molecular flexibility index (Phi) is 7.99. The number of ether oxygens (including phenoxy) is 1. The SMILES string of the molecule is CO[C@@H](C(=O)N[C@@H](CCO[Si](C)(C)C(C)(C)C)C(=O)O)c1ccccc1. The second-order valence-corrected chi connectivity index (χ2v) is 12.6. The minimum absolute atomic E-state index is 0.0451. The normalized spacial score (nSPS) is 14.5. The zero-order valence-corrected chi connectivity index (χ0v) is 17.5. The van der Waals surface area contributed by atoms with E-state index < -0.39 is 32.3 Å². The van der Waals surface area contributed by atoms with E-state index in [1.807, 2.05) is 6.07 Å². The van der Waals surface area contributed by atoms with Crippen LogP contribution in [0.3, 0.4) is 0 Å². The summed E-state index contributed by atoms with van der Waals surface area (Å²) in [5.74, 6) is -1.56. The Hall–Kier alpha value is -1.70. The molecule has 0 unspecified atom stereocenters. The molecule has 2 atom stereocenters. The van der Waals surface area contributed by atoms with Crippen LogP contribution < -0.4 is 5.32 Å². The predicted molar refractivity (Wildman–Crippen MR) is 104 cm³/mol. The van der Waals surface area contributed by atoms with E-state index in [-0.39, 0.29) is 18.1 Å². The maximum Gasteiger partial charge on any atom is 0.326 e. The van der Waals surface area contributed by atoms with Gasteiger partial charge in [-0.25, -0.2) is 4.79 Å². The Balaban J connectivity index is 2.70. The molecular weight excluding hydrogens is 350 g/mol. The lowest BCUT2D eigenvalue weighted by Crippen LogP contribution is -2.46. The summed E-state index contributed by atoms with van der Waals surface area (Å²) < 4.78 is 11.3. The van der Waals surface area contributed by atoms with Gasteiger partial charge in [-0.2, -0.15) is 0 Å². The number of carboxylic acid groups (broad SMARTS) is 1. The van der Waals surface area contributed by atoms with E-state index in [1.54, 1.807) is 24.3 Å². The van der Waals surface area contributed by atoms with Crippen molar-refractivity contribution in [2.75, 3.05) is 13.7 Å². The number of carbonyl (C=O) groups is 2. The molecule has 0 saturated heterocycles. The largest absolute Gasteiger partial charge is 0.480 e. The Bertz CT molecular complexity index is 598. The van der Waals surface area contributed by atoms with Gasteiger partial charge in [0.05, 0.1) is 0 Å². The molecule has 1 aromatic rings. The number of nitrogens with one attached hydrogen (secondary N) is 1. The molecule has 26 heavy (non-hydrogen) atoms. The molecule has 0 bridgehead atoms. The van der Waals surface area contributed by atoms with Crippen LogP contribution in [0, 0.1) is 0 Å². The molecule has 7 heteroatoms. The van der Waals surface area contributed by atoms with E-state index in [9.17, 15) is 14.7 Å². The molecule has 6 nitrogen and oxygen atoms in total. The summed E-state index contributed by atoms with van der Waals surface area (Å²) in [4.78, 5) is 24.0. The van der Waals surface area contributed by atoms with E-state index in [0.717, 1.165) is 0 Å². The summed E-state index contributed by atoms with van der Waals surface area (Å²) in [6.07, 6.45) is -0.641. The third-order valence-electron chi connectivity index (χ3n) is 4.87. The molecule has 0 spiro atoms. The molecule has 2 N–H and O–H groups in total. The van der Waals surface area contributed by atoms with Gasteiger partial charge in [-0.3, -0.25) is 4.79 Å². The molecule has 0 aliphatic carbocycles. The molecule has 0 aliphatic rings. The van der Waals surface area contributed by atoms with Gasteiger partial charge in [0.2, 0.25) is 0 Å². The minimum atomic E-state index is -1.96. The van der Waals surface area contributed by atoms with Crippen LogP contribution in [0.4, 0.5) is 0 Å². The first-order chi connectivity index (χ1) is 12.0. The highest BCUT2D eigenvalue weighted by Crippen LogP contribution is 2.36. The van der Waals surface area contributed by atoms with Gasteiger partial charge in [0.15, 0.2) is 14.4 Å². The molecule has 1 amide bonds. The first-order valence-corrected chi connectivity index (χ1v) is 11.7. The lowest BCUT2D eigenvalue weighted by atomic mass is 10.1. The quantitative estimate of drug-likeness (QED) is 0.641. The summed E-state index contributed by atoms with van der Waals surface area (Å²) in [6, 6.07) is 7.96. The minimum Gasteiger partial charge on any atom is -0.480 e. The van der Waals surface area contributed by atoms with Crippen LogP contribution in [0.1, 0.15) is 38.9 Å². The van der Waals surface area contributed by atoms with E-state index in [4.69, 9.17) is 9.16 Å². The first-order valence-electron chi connectivity index (χ1n) is 8.74. The van der Waals surface area contributed by atoms with Crippen molar-refractivity contribution < 1.29 is 23.9 Å². The topological polar surface area (TPSA) is 84.9 Å². The van der Waals surface area contributed by atoms with Crippen molar-refractivity contribution in [3.8, 4) is 0 Å². The van der Waals surface area contributed by atoms with Crippen molar-refractivity contribution in [3.63, 3.8) is 0 Å². The number of hydrogen-bond acceptors (Lipinski definition) is 4. The van der Waals surface area contributed by atoms with Crippen molar-refractivity contribution in [3.05, 3.63) is 35.9 Å². The molecule has 0 aliphatic heterocycles. The van der Waals surface area contributed by atoms with Gasteiger partial charge in [0, 0.05) is 20.1 Å². The number of aliphatic carboxylic acids is 1. The fourth-order valence-corrected chi connectivity index (χ4v) is 3.24. The Morgan fingerprint density at radius 3 is 2.23 bits per heavy atom. The molecule has 0 radical (unpaired) electrons. The van der Waals surface area contributed by atoms with E-state index in [1.165, 1.54) is 7.11 Å². The second-order valence-electron chi connectivity index (χ2n) is 7.82. The number of carboxylic acids is 1. The predicted octanol–water partition coefficient (Wildman–Crippen LogP) is 3.36. The van der Waals surface area contributed by atoms with Gasteiger partial charge in [0.1, 0.15) is 6.04 Å². The Morgan fingerprint density at radius 2 is 1.77 bits per heavy atom. The number of carbonyl (C=O) groups excluding carboxylic acids is 1. The number of benzene rings is 1. The van der Waals surface area contributed by atoms with Crippen molar-refractivity contribution in [2.45, 2.75) is 57.5 Å². The van der Waals surface area contributed by atoms with Crippen molar-refractivity contribution in [1.29, 1.82) is 0 Å². The lowest BCUT2D eigenvalue weighted by Gasteiger charge is -2.36. The summed E-state index contributed by atoms with van der Waals surface area (Å²) in [6.45, 7) is 10.9. The standard InChI is InChI=1S/C19H31NO5Si/c1-19(2,3)26(5,6)25-13-12-15(18(22)23)20-17(21)16(24-4)14-10-8-7-9-11-14/h7-11,15-16H,12-13H2,1-6H3,(H,20,21)(H,22,23)/t15-,16+/m0/s1. The van der Waals surface area contributed by atoms with Crippen LogP contribution in [-0.2, 0) is 18.8 Å². The Morgan fingerprint density at radius 1 is 1.19 bits per heavy atom. The molecule has 0 saturated carbocycles. The maximum absolute atomic E-state index is 12.5. The van der Waals surface area contributed by atoms with Gasteiger partial charge < -0.3 is 19.6 Å².